The maximum Gasteiger partial charge on any atom is 0.255 e. The van der Waals surface area contributed by atoms with E-state index in [9.17, 15) is 4.79 Å². The average molecular weight is 320 g/mol. The van der Waals surface area contributed by atoms with E-state index in [1.165, 1.54) is 14.2 Å². The van der Waals surface area contributed by atoms with Crippen LogP contribution in [0.4, 0.5) is 5.69 Å². The van der Waals surface area contributed by atoms with Crippen LogP contribution < -0.4 is 14.8 Å². The molecule has 0 bridgehead atoms. The van der Waals surface area contributed by atoms with Crippen LogP contribution in [0.2, 0.25) is 5.02 Å². The van der Waals surface area contributed by atoms with Crippen molar-refractivity contribution in [3.63, 3.8) is 0 Å². The van der Waals surface area contributed by atoms with Gasteiger partial charge >= 0.3 is 0 Å². The zero-order chi connectivity index (χ0) is 16.3. The number of aryl methyl sites for hydroxylation is 2. The van der Waals surface area contributed by atoms with Crippen LogP contribution in [0.15, 0.2) is 30.3 Å². The molecule has 2 aromatic carbocycles. The fraction of sp³-hybridized carbons (Fsp3) is 0.235. The molecule has 0 unspecified atom stereocenters. The molecule has 0 spiro atoms. The SMILES string of the molecule is COc1cc(NC(=O)c2cc(C)cc(C)c2)c(OC)cc1Cl. The van der Waals surface area contributed by atoms with Crippen LogP contribution in [0.5, 0.6) is 11.5 Å². The zero-order valence-corrected chi connectivity index (χ0v) is 13.7. The Hall–Kier alpha value is -2.20. The molecule has 0 aromatic heterocycles. The summed E-state index contributed by atoms with van der Waals surface area (Å²) in [5.41, 5.74) is 3.16. The molecule has 1 amide bonds. The van der Waals surface area contributed by atoms with Gasteiger partial charge in [-0.25, -0.2) is 0 Å². The second-order valence-corrected chi connectivity index (χ2v) is 5.42. The van der Waals surface area contributed by atoms with E-state index >= 15 is 0 Å². The van der Waals surface area contributed by atoms with Gasteiger partial charge in [0.05, 0.1) is 24.9 Å². The number of carbonyl (C=O) groups excluding carboxylic acids is 1. The number of nitrogens with one attached hydrogen (secondary N) is 1. The molecule has 5 heteroatoms. The number of halogens is 1. The molecule has 0 saturated carbocycles. The predicted octanol–water partition coefficient (Wildman–Crippen LogP) is 4.23. The molecule has 2 aromatic rings. The van der Waals surface area contributed by atoms with Gasteiger partial charge in [0.15, 0.2) is 0 Å². The number of benzene rings is 2. The van der Waals surface area contributed by atoms with Crippen molar-refractivity contribution >= 4 is 23.2 Å². The van der Waals surface area contributed by atoms with Crippen molar-refractivity contribution in [2.45, 2.75) is 13.8 Å². The third kappa shape index (κ3) is 3.52. The minimum absolute atomic E-state index is 0.213. The summed E-state index contributed by atoms with van der Waals surface area (Å²) in [4.78, 5) is 12.4. The van der Waals surface area contributed by atoms with E-state index in [0.29, 0.717) is 27.8 Å². The van der Waals surface area contributed by atoms with Crippen LogP contribution in [0.3, 0.4) is 0 Å². The first-order valence-electron chi connectivity index (χ1n) is 6.75. The molecule has 4 nitrogen and oxygen atoms in total. The quantitative estimate of drug-likeness (QED) is 0.917. The summed E-state index contributed by atoms with van der Waals surface area (Å²) < 4.78 is 10.4. The van der Waals surface area contributed by atoms with Gasteiger partial charge < -0.3 is 14.8 Å². The topological polar surface area (TPSA) is 47.6 Å². The third-order valence-corrected chi connectivity index (χ3v) is 3.50. The monoisotopic (exact) mass is 319 g/mol. The Kier molecular flexibility index (Phi) is 4.93. The largest absolute Gasteiger partial charge is 0.495 e. The highest BCUT2D eigenvalue weighted by atomic mass is 35.5. The molecule has 22 heavy (non-hydrogen) atoms. The lowest BCUT2D eigenvalue weighted by Gasteiger charge is -2.13. The van der Waals surface area contributed by atoms with Crippen molar-refractivity contribution in [2.75, 3.05) is 19.5 Å². The second-order valence-electron chi connectivity index (χ2n) is 5.02. The van der Waals surface area contributed by atoms with Gasteiger partial charge in [0.2, 0.25) is 0 Å². The van der Waals surface area contributed by atoms with Crippen LogP contribution in [-0.2, 0) is 0 Å². The van der Waals surface area contributed by atoms with Crippen molar-refractivity contribution in [2.24, 2.45) is 0 Å². The number of hydrogen-bond acceptors (Lipinski definition) is 3. The summed E-state index contributed by atoms with van der Waals surface area (Å²) in [7, 11) is 3.04. The van der Waals surface area contributed by atoms with Gasteiger partial charge in [0.1, 0.15) is 11.5 Å². The van der Waals surface area contributed by atoms with Crippen molar-refractivity contribution in [3.05, 3.63) is 52.0 Å². The van der Waals surface area contributed by atoms with Gasteiger partial charge in [-0.3, -0.25) is 4.79 Å². The molecule has 0 heterocycles. The number of amides is 1. The molecule has 0 radical (unpaired) electrons. The first-order valence-corrected chi connectivity index (χ1v) is 7.13. The Morgan fingerprint density at radius 1 is 0.955 bits per heavy atom. The van der Waals surface area contributed by atoms with Crippen LogP contribution >= 0.6 is 11.6 Å². The molecular weight excluding hydrogens is 302 g/mol. The van der Waals surface area contributed by atoms with Gasteiger partial charge in [-0.05, 0) is 26.0 Å². The summed E-state index contributed by atoms with van der Waals surface area (Å²) in [5.74, 6) is 0.733. The molecular formula is C17H18ClNO3. The Balaban J connectivity index is 2.35. The van der Waals surface area contributed by atoms with Gasteiger partial charge in [0, 0.05) is 17.7 Å². The van der Waals surface area contributed by atoms with Crippen LogP contribution in [0.25, 0.3) is 0 Å². The number of ether oxygens (including phenoxy) is 2. The average Bonchev–Trinajstić information content (AvgIpc) is 2.47. The molecule has 1 N–H and O–H groups in total. The van der Waals surface area contributed by atoms with Gasteiger partial charge in [-0.2, -0.15) is 0 Å². The number of hydrogen-bond donors (Lipinski definition) is 1. The van der Waals surface area contributed by atoms with Gasteiger partial charge in [-0.1, -0.05) is 28.8 Å². The molecule has 116 valence electrons. The summed E-state index contributed by atoms with van der Waals surface area (Å²) in [6.45, 7) is 3.91. The van der Waals surface area contributed by atoms with E-state index in [4.69, 9.17) is 21.1 Å². The first-order chi connectivity index (χ1) is 10.4. The smallest absolute Gasteiger partial charge is 0.255 e. The predicted molar refractivity (Wildman–Crippen MR) is 88.4 cm³/mol. The molecule has 0 fully saturated rings. The van der Waals surface area contributed by atoms with Crippen LogP contribution in [-0.4, -0.2) is 20.1 Å². The lowest BCUT2D eigenvalue weighted by Crippen LogP contribution is -2.13. The van der Waals surface area contributed by atoms with E-state index in [1.54, 1.807) is 12.1 Å². The van der Waals surface area contributed by atoms with Crippen molar-refractivity contribution in [3.8, 4) is 11.5 Å². The standard InChI is InChI=1S/C17H18ClNO3/c1-10-5-11(2)7-12(6-10)17(20)19-14-9-15(21-3)13(18)8-16(14)22-4/h5-9H,1-4H3,(H,19,20). The highest BCUT2D eigenvalue weighted by molar-refractivity contribution is 6.32. The molecule has 0 aliphatic heterocycles. The number of carbonyl (C=O) groups is 1. The number of rotatable bonds is 4. The lowest BCUT2D eigenvalue weighted by atomic mass is 10.1. The zero-order valence-electron chi connectivity index (χ0n) is 13.0. The number of methoxy groups -OCH3 is 2. The Morgan fingerprint density at radius 3 is 2.09 bits per heavy atom. The van der Waals surface area contributed by atoms with E-state index < -0.39 is 0 Å². The highest BCUT2D eigenvalue weighted by Gasteiger charge is 2.14. The van der Waals surface area contributed by atoms with E-state index in [2.05, 4.69) is 5.32 Å². The molecule has 2 rings (SSSR count). The summed E-state index contributed by atoms with van der Waals surface area (Å²) in [6, 6.07) is 8.94. The minimum atomic E-state index is -0.213. The minimum Gasteiger partial charge on any atom is -0.495 e. The lowest BCUT2D eigenvalue weighted by molar-refractivity contribution is 0.102. The van der Waals surface area contributed by atoms with Crippen molar-refractivity contribution in [1.82, 2.24) is 0 Å². The second kappa shape index (κ2) is 6.71. The Labute approximate surface area is 135 Å². The third-order valence-electron chi connectivity index (χ3n) is 3.21. The first kappa shape index (κ1) is 16.2. The van der Waals surface area contributed by atoms with Crippen LogP contribution in [0.1, 0.15) is 21.5 Å². The maximum absolute atomic E-state index is 12.4. The summed E-state index contributed by atoms with van der Waals surface area (Å²) in [6.07, 6.45) is 0. The van der Waals surface area contributed by atoms with E-state index in [0.717, 1.165) is 11.1 Å². The van der Waals surface area contributed by atoms with E-state index in [1.807, 2.05) is 32.0 Å². The molecule has 0 aliphatic rings. The van der Waals surface area contributed by atoms with Gasteiger partial charge in [-0.15, -0.1) is 0 Å². The molecule has 0 atom stereocenters. The Bertz CT molecular complexity index is 693. The highest BCUT2D eigenvalue weighted by Crippen LogP contribution is 2.36. The Morgan fingerprint density at radius 2 is 1.55 bits per heavy atom. The van der Waals surface area contributed by atoms with Crippen molar-refractivity contribution in [1.29, 1.82) is 0 Å². The normalized spacial score (nSPS) is 10.2. The summed E-state index contributed by atoms with van der Waals surface area (Å²) >= 11 is 6.06. The molecule has 0 aliphatic carbocycles. The maximum atomic E-state index is 12.4. The fourth-order valence-corrected chi connectivity index (χ4v) is 2.49. The summed E-state index contributed by atoms with van der Waals surface area (Å²) in [5, 5.41) is 3.25. The van der Waals surface area contributed by atoms with Crippen molar-refractivity contribution < 1.29 is 14.3 Å². The van der Waals surface area contributed by atoms with Crippen LogP contribution in [0, 0.1) is 13.8 Å². The van der Waals surface area contributed by atoms with E-state index in [-0.39, 0.29) is 5.91 Å². The molecule has 0 saturated heterocycles. The van der Waals surface area contributed by atoms with Gasteiger partial charge in [0.25, 0.3) is 5.91 Å². The number of anilines is 1. The fourth-order valence-electron chi connectivity index (χ4n) is 2.26.